The molecule has 2 unspecified atom stereocenters. The van der Waals surface area contributed by atoms with Gasteiger partial charge in [-0.3, -0.25) is 0 Å². The van der Waals surface area contributed by atoms with E-state index in [1.54, 1.807) is 0 Å². The molecule has 1 aliphatic rings. The van der Waals surface area contributed by atoms with Crippen molar-refractivity contribution >= 4 is 10.8 Å². The quantitative estimate of drug-likeness (QED) is 0.897. The van der Waals surface area contributed by atoms with Gasteiger partial charge in [0.1, 0.15) is 0 Å². The molecule has 1 heterocycles. The smallest absolute Gasteiger partial charge is 0.0590 e. The fraction of sp³-hybridized carbons (Fsp3) is 0.474. The molecule has 0 amide bonds. The minimum absolute atomic E-state index is 0.436. The maximum absolute atomic E-state index is 5.90. The van der Waals surface area contributed by atoms with Crippen LogP contribution in [0.2, 0.25) is 0 Å². The molecule has 0 aliphatic carbocycles. The molecule has 1 aliphatic heterocycles. The van der Waals surface area contributed by atoms with Gasteiger partial charge in [-0.1, -0.05) is 42.5 Å². The Kier molecular flexibility index (Phi) is 4.89. The second-order valence-electron chi connectivity index (χ2n) is 6.05. The number of rotatable bonds is 5. The highest BCUT2D eigenvalue weighted by atomic mass is 16.5. The molecule has 2 atom stereocenters. The molecule has 0 spiro atoms. The van der Waals surface area contributed by atoms with Crippen LogP contribution in [0.5, 0.6) is 0 Å². The SMILES string of the molecule is CNC(Cc1cccc2ccccc12)CC1CCCCO1. The lowest BCUT2D eigenvalue weighted by Gasteiger charge is -2.27. The molecule has 0 bridgehead atoms. The number of fused-ring (bicyclic) bond motifs is 1. The number of nitrogens with one attached hydrogen (secondary N) is 1. The highest BCUT2D eigenvalue weighted by Crippen LogP contribution is 2.23. The topological polar surface area (TPSA) is 21.3 Å². The van der Waals surface area contributed by atoms with Crippen molar-refractivity contribution in [3.05, 3.63) is 48.0 Å². The summed E-state index contributed by atoms with van der Waals surface area (Å²) in [6.45, 7) is 0.940. The third-order valence-electron chi connectivity index (χ3n) is 4.58. The van der Waals surface area contributed by atoms with Crippen molar-refractivity contribution in [3.63, 3.8) is 0 Å². The summed E-state index contributed by atoms with van der Waals surface area (Å²) in [7, 11) is 2.07. The highest BCUT2D eigenvalue weighted by molar-refractivity contribution is 5.85. The van der Waals surface area contributed by atoms with E-state index in [2.05, 4.69) is 54.8 Å². The third-order valence-corrected chi connectivity index (χ3v) is 4.58. The predicted octanol–water partition coefficient (Wildman–Crippen LogP) is 3.93. The Morgan fingerprint density at radius 2 is 2.00 bits per heavy atom. The van der Waals surface area contributed by atoms with Crippen molar-refractivity contribution in [1.82, 2.24) is 5.32 Å². The van der Waals surface area contributed by atoms with Crippen LogP contribution in [0.15, 0.2) is 42.5 Å². The first-order valence-corrected chi connectivity index (χ1v) is 8.12. The maximum Gasteiger partial charge on any atom is 0.0590 e. The van der Waals surface area contributed by atoms with Gasteiger partial charge in [0.2, 0.25) is 0 Å². The molecule has 0 radical (unpaired) electrons. The van der Waals surface area contributed by atoms with Crippen LogP contribution in [0.25, 0.3) is 10.8 Å². The van der Waals surface area contributed by atoms with Gasteiger partial charge in [0.05, 0.1) is 6.10 Å². The van der Waals surface area contributed by atoms with Crippen LogP contribution in [0.4, 0.5) is 0 Å². The molecule has 0 aromatic heterocycles. The van der Waals surface area contributed by atoms with Gasteiger partial charge in [0.25, 0.3) is 0 Å². The van der Waals surface area contributed by atoms with Gasteiger partial charge in [-0.2, -0.15) is 0 Å². The van der Waals surface area contributed by atoms with Gasteiger partial charge in [0, 0.05) is 12.6 Å². The minimum Gasteiger partial charge on any atom is -0.378 e. The average Bonchev–Trinajstić information content (AvgIpc) is 2.55. The highest BCUT2D eigenvalue weighted by Gasteiger charge is 2.19. The largest absolute Gasteiger partial charge is 0.378 e. The Bertz CT molecular complexity index is 569. The molecular formula is C19H25NO. The zero-order chi connectivity index (χ0) is 14.5. The standard InChI is InChI=1S/C19H25NO/c1-20-17(14-18-10-4-5-12-21-18)13-16-9-6-8-15-7-2-3-11-19(15)16/h2-3,6-9,11,17-18,20H,4-5,10,12-14H2,1H3. The summed E-state index contributed by atoms with van der Waals surface area (Å²) < 4.78 is 5.90. The zero-order valence-corrected chi connectivity index (χ0v) is 12.8. The first kappa shape index (κ1) is 14.6. The van der Waals surface area contributed by atoms with Crippen LogP contribution < -0.4 is 5.32 Å². The lowest BCUT2D eigenvalue weighted by molar-refractivity contribution is 0.00570. The minimum atomic E-state index is 0.436. The van der Waals surface area contributed by atoms with Crippen LogP contribution in [-0.4, -0.2) is 25.8 Å². The van der Waals surface area contributed by atoms with Crippen LogP contribution in [0.3, 0.4) is 0 Å². The van der Waals surface area contributed by atoms with Crippen molar-refractivity contribution in [2.75, 3.05) is 13.7 Å². The molecule has 112 valence electrons. The summed E-state index contributed by atoms with van der Waals surface area (Å²) in [4.78, 5) is 0. The number of hydrogen-bond acceptors (Lipinski definition) is 2. The molecule has 2 nitrogen and oxygen atoms in total. The second kappa shape index (κ2) is 7.06. The molecule has 2 heteroatoms. The molecule has 0 saturated carbocycles. The fourth-order valence-corrected chi connectivity index (χ4v) is 3.35. The summed E-state index contributed by atoms with van der Waals surface area (Å²) in [5, 5.41) is 6.19. The van der Waals surface area contributed by atoms with Crippen LogP contribution >= 0.6 is 0 Å². The zero-order valence-electron chi connectivity index (χ0n) is 12.8. The Labute approximate surface area is 127 Å². The lowest BCUT2D eigenvalue weighted by Crippen LogP contribution is -2.34. The monoisotopic (exact) mass is 283 g/mol. The van der Waals surface area contributed by atoms with Crippen molar-refractivity contribution in [2.24, 2.45) is 0 Å². The van der Waals surface area contributed by atoms with Crippen LogP contribution in [0.1, 0.15) is 31.2 Å². The van der Waals surface area contributed by atoms with Gasteiger partial charge in [-0.25, -0.2) is 0 Å². The Hall–Kier alpha value is -1.38. The number of ether oxygens (including phenoxy) is 1. The molecule has 1 N–H and O–H groups in total. The summed E-state index contributed by atoms with van der Waals surface area (Å²) in [5.74, 6) is 0. The summed E-state index contributed by atoms with van der Waals surface area (Å²) in [5.41, 5.74) is 1.43. The van der Waals surface area contributed by atoms with E-state index < -0.39 is 0 Å². The van der Waals surface area contributed by atoms with E-state index in [1.807, 2.05) is 0 Å². The van der Waals surface area contributed by atoms with E-state index in [-0.39, 0.29) is 0 Å². The second-order valence-corrected chi connectivity index (χ2v) is 6.05. The predicted molar refractivity (Wildman–Crippen MR) is 88.7 cm³/mol. The Morgan fingerprint density at radius 1 is 1.14 bits per heavy atom. The van der Waals surface area contributed by atoms with E-state index in [4.69, 9.17) is 4.74 Å². The van der Waals surface area contributed by atoms with Gasteiger partial charge < -0.3 is 10.1 Å². The van der Waals surface area contributed by atoms with E-state index in [9.17, 15) is 0 Å². The molecule has 1 fully saturated rings. The van der Waals surface area contributed by atoms with Gasteiger partial charge in [0.15, 0.2) is 0 Å². The molecule has 21 heavy (non-hydrogen) atoms. The third kappa shape index (κ3) is 3.63. The number of likely N-dealkylation sites (N-methyl/N-ethyl adjacent to an activating group) is 1. The van der Waals surface area contributed by atoms with Gasteiger partial charge in [-0.05, 0) is 55.5 Å². The van der Waals surface area contributed by atoms with E-state index >= 15 is 0 Å². The van der Waals surface area contributed by atoms with E-state index in [0.29, 0.717) is 12.1 Å². The Balaban J connectivity index is 1.72. The van der Waals surface area contributed by atoms with E-state index in [1.165, 1.54) is 35.6 Å². The Morgan fingerprint density at radius 3 is 2.81 bits per heavy atom. The van der Waals surface area contributed by atoms with Gasteiger partial charge in [-0.15, -0.1) is 0 Å². The average molecular weight is 283 g/mol. The van der Waals surface area contributed by atoms with Gasteiger partial charge >= 0.3 is 0 Å². The number of benzene rings is 2. The van der Waals surface area contributed by atoms with Crippen molar-refractivity contribution in [3.8, 4) is 0 Å². The molecule has 2 aromatic rings. The summed E-state index contributed by atoms with van der Waals surface area (Å²) in [6, 6.07) is 15.8. The van der Waals surface area contributed by atoms with Crippen molar-refractivity contribution in [1.29, 1.82) is 0 Å². The number of hydrogen-bond donors (Lipinski definition) is 1. The van der Waals surface area contributed by atoms with E-state index in [0.717, 1.165) is 19.4 Å². The first-order valence-electron chi connectivity index (χ1n) is 8.12. The van der Waals surface area contributed by atoms with Crippen LogP contribution in [-0.2, 0) is 11.2 Å². The normalized spacial score (nSPS) is 20.5. The van der Waals surface area contributed by atoms with Crippen LogP contribution in [0, 0.1) is 0 Å². The molecular weight excluding hydrogens is 258 g/mol. The molecule has 2 aromatic carbocycles. The lowest BCUT2D eigenvalue weighted by atomic mass is 9.94. The molecule has 3 rings (SSSR count). The maximum atomic E-state index is 5.90. The van der Waals surface area contributed by atoms with Crippen molar-refractivity contribution < 1.29 is 4.74 Å². The summed E-state index contributed by atoms with van der Waals surface area (Å²) >= 11 is 0. The summed E-state index contributed by atoms with van der Waals surface area (Å²) in [6.07, 6.45) is 6.37. The van der Waals surface area contributed by atoms with Crippen molar-refractivity contribution in [2.45, 2.75) is 44.2 Å². The first-order chi connectivity index (χ1) is 10.4. The molecule has 1 saturated heterocycles. The fourth-order valence-electron chi connectivity index (χ4n) is 3.35.